The van der Waals surface area contributed by atoms with E-state index in [1.165, 1.54) is 0 Å². The van der Waals surface area contributed by atoms with Gasteiger partial charge in [0.25, 0.3) is 0 Å². The van der Waals surface area contributed by atoms with E-state index >= 15 is 0 Å². The Kier molecular flexibility index (Phi) is 5.23. The van der Waals surface area contributed by atoms with Crippen LogP contribution in [0, 0.1) is 5.41 Å². The highest BCUT2D eigenvalue weighted by atomic mass is 16.5. The molecule has 1 aromatic carbocycles. The third-order valence-corrected chi connectivity index (χ3v) is 3.92. The van der Waals surface area contributed by atoms with Gasteiger partial charge in [-0.05, 0) is 43.0 Å². The zero-order valence-electron chi connectivity index (χ0n) is 13.0. The number of nitrogens with two attached hydrogens (primary N) is 1. The van der Waals surface area contributed by atoms with E-state index in [0.717, 1.165) is 25.0 Å². The maximum absolute atomic E-state index is 12.3. The van der Waals surface area contributed by atoms with Crippen molar-refractivity contribution < 1.29 is 14.3 Å². The molecule has 116 valence electrons. The molecule has 0 saturated carbocycles. The molecule has 0 unspecified atom stereocenters. The Labute approximate surface area is 126 Å². The summed E-state index contributed by atoms with van der Waals surface area (Å²) in [6, 6.07) is 5.46. The Morgan fingerprint density at radius 2 is 1.90 bits per heavy atom. The molecule has 1 aliphatic heterocycles. The monoisotopic (exact) mass is 291 g/mol. The van der Waals surface area contributed by atoms with Crippen molar-refractivity contribution in [2.75, 3.05) is 19.8 Å². The number of Topliss-reactive ketones (excluding diaryl/α,β-unsaturated/α-hetero) is 1. The van der Waals surface area contributed by atoms with Crippen LogP contribution in [0.5, 0.6) is 11.5 Å². The van der Waals surface area contributed by atoms with E-state index in [1.807, 2.05) is 12.1 Å². The third kappa shape index (κ3) is 4.46. The molecule has 1 aromatic rings. The lowest BCUT2D eigenvalue weighted by atomic mass is 9.83. The summed E-state index contributed by atoms with van der Waals surface area (Å²) in [5, 5.41) is 0. The number of rotatable bonds is 6. The Hall–Kier alpha value is -1.55. The fourth-order valence-corrected chi connectivity index (χ4v) is 2.45. The van der Waals surface area contributed by atoms with Crippen LogP contribution in [0.3, 0.4) is 0 Å². The summed E-state index contributed by atoms with van der Waals surface area (Å²) in [6.07, 6.45) is 3.18. The van der Waals surface area contributed by atoms with E-state index in [4.69, 9.17) is 15.2 Å². The maximum atomic E-state index is 12.3. The lowest BCUT2D eigenvalue weighted by molar-refractivity contribution is 0.0961. The minimum Gasteiger partial charge on any atom is -0.490 e. The molecule has 0 atom stereocenters. The number of ketones is 1. The molecule has 1 aliphatic rings. The zero-order valence-corrected chi connectivity index (χ0v) is 13.0. The molecule has 0 aliphatic carbocycles. The second-order valence-electron chi connectivity index (χ2n) is 6.34. The highest BCUT2D eigenvalue weighted by molar-refractivity contribution is 5.96. The Balaban J connectivity index is 2.01. The summed E-state index contributed by atoms with van der Waals surface area (Å²) in [5.41, 5.74) is 6.41. The smallest absolute Gasteiger partial charge is 0.163 e. The van der Waals surface area contributed by atoms with E-state index < -0.39 is 0 Å². The molecule has 0 fully saturated rings. The van der Waals surface area contributed by atoms with Crippen LogP contribution >= 0.6 is 0 Å². The highest BCUT2D eigenvalue weighted by Gasteiger charge is 2.20. The first kappa shape index (κ1) is 15.8. The molecule has 1 heterocycles. The SMILES string of the molecule is CC(C)(CCN)CCC(=O)c1ccc2c(c1)OCCCO2. The van der Waals surface area contributed by atoms with Gasteiger partial charge in [-0.1, -0.05) is 13.8 Å². The van der Waals surface area contributed by atoms with Gasteiger partial charge in [0.1, 0.15) is 0 Å². The molecular formula is C17H25NO3. The first-order valence-electron chi connectivity index (χ1n) is 7.65. The van der Waals surface area contributed by atoms with Crippen LogP contribution in [0.2, 0.25) is 0 Å². The Bertz CT molecular complexity index is 497. The molecular weight excluding hydrogens is 266 g/mol. The average Bonchev–Trinajstić information content (AvgIpc) is 2.69. The Morgan fingerprint density at radius 3 is 2.62 bits per heavy atom. The second kappa shape index (κ2) is 6.94. The fraction of sp³-hybridized carbons (Fsp3) is 0.588. The van der Waals surface area contributed by atoms with Gasteiger partial charge in [-0.3, -0.25) is 4.79 Å². The maximum Gasteiger partial charge on any atom is 0.163 e. The average molecular weight is 291 g/mol. The molecule has 2 N–H and O–H groups in total. The summed E-state index contributed by atoms with van der Waals surface area (Å²) in [6.45, 7) is 6.26. The van der Waals surface area contributed by atoms with Crippen LogP contribution in [-0.2, 0) is 0 Å². The number of hydrogen-bond acceptors (Lipinski definition) is 4. The van der Waals surface area contributed by atoms with E-state index in [2.05, 4.69) is 13.8 Å². The van der Waals surface area contributed by atoms with Crippen molar-refractivity contribution in [2.24, 2.45) is 11.1 Å². The molecule has 2 rings (SSSR count). The summed E-state index contributed by atoms with van der Waals surface area (Å²) >= 11 is 0. The highest BCUT2D eigenvalue weighted by Crippen LogP contribution is 2.32. The van der Waals surface area contributed by atoms with Crippen molar-refractivity contribution in [1.29, 1.82) is 0 Å². The van der Waals surface area contributed by atoms with Gasteiger partial charge in [0.05, 0.1) is 13.2 Å². The molecule has 0 amide bonds. The summed E-state index contributed by atoms with van der Waals surface area (Å²) in [4.78, 5) is 12.3. The van der Waals surface area contributed by atoms with Crippen LogP contribution in [-0.4, -0.2) is 25.5 Å². The number of carbonyl (C=O) groups excluding carboxylic acids is 1. The molecule has 0 radical (unpaired) electrons. The van der Waals surface area contributed by atoms with Gasteiger partial charge < -0.3 is 15.2 Å². The van der Waals surface area contributed by atoms with Crippen LogP contribution in [0.25, 0.3) is 0 Å². The summed E-state index contributed by atoms with van der Waals surface area (Å²) in [5.74, 6) is 1.56. The van der Waals surface area contributed by atoms with Crippen molar-refractivity contribution in [2.45, 2.75) is 39.5 Å². The lowest BCUT2D eigenvalue weighted by Crippen LogP contribution is -2.18. The zero-order chi connectivity index (χ0) is 15.3. The summed E-state index contributed by atoms with van der Waals surface area (Å²) in [7, 11) is 0. The molecule has 0 saturated heterocycles. The number of benzene rings is 1. The van der Waals surface area contributed by atoms with Gasteiger partial charge in [-0.25, -0.2) is 0 Å². The molecule has 4 nitrogen and oxygen atoms in total. The fourth-order valence-electron chi connectivity index (χ4n) is 2.45. The number of carbonyl (C=O) groups is 1. The number of ether oxygens (including phenoxy) is 2. The van der Waals surface area contributed by atoms with Crippen molar-refractivity contribution in [3.05, 3.63) is 23.8 Å². The van der Waals surface area contributed by atoms with Crippen LogP contribution in [0.15, 0.2) is 18.2 Å². The molecule has 4 heteroatoms. The van der Waals surface area contributed by atoms with E-state index in [0.29, 0.717) is 37.5 Å². The van der Waals surface area contributed by atoms with Gasteiger partial charge in [-0.2, -0.15) is 0 Å². The van der Waals surface area contributed by atoms with E-state index in [1.54, 1.807) is 6.07 Å². The van der Waals surface area contributed by atoms with Crippen LogP contribution < -0.4 is 15.2 Å². The number of hydrogen-bond donors (Lipinski definition) is 1. The first-order valence-corrected chi connectivity index (χ1v) is 7.65. The quantitative estimate of drug-likeness (QED) is 0.818. The van der Waals surface area contributed by atoms with E-state index in [9.17, 15) is 4.79 Å². The van der Waals surface area contributed by atoms with Gasteiger partial charge in [0.15, 0.2) is 17.3 Å². The van der Waals surface area contributed by atoms with Gasteiger partial charge >= 0.3 is 0 Å². The molecule has 0 spiro atoms. The molecule has 21 heavy (non-hydrogen) atoms. The number of fused-ring (bicyclic) bond motifs is 1. The van der Waals surface area contributed by atoms with E-state index in [-0.39, 0.29) is 11.2 Å². The second-order valence-corrected chi connectivity index (χ2v) is 6.34. The summed E-state index contributed by atoms with van der Waals surface area (Å²) < 4.78 is 11.2. The lowest BCUT2D eigenvalue weighted by Gasteiger charge is -2.23. The van der Waals surface area contributed by atoms with Crippen LogP contribution in [0.1, 0.15) is 49.9 Å². The predicted octanol–water partition coefficient (Wildman–Crippen LogP) is 3.19. The van der Waals surface area contributed by atoms with Crippen molar-refractivity contribution in [3.8, 4) is 11.5 Å². The van der Waals surface area contributed by atoms with Gasteiger partial charge in [0, 0.05) is 18.4 Å². The van der Waals surface area contributed by atoms with Gasteiger partial charge in [0.2, 0.25) is 0 Å². The van der Waals surface area contributed by atoms with Crippen molar-refractivity contribution in [3.63, 3.8) is 0 Å². The standard InChI is InChI=1S/C17H25NO3/c1-17(2,8-9-18)7-6-14(19)13-4-5-15-16(12-13)21-11-3-10-20-15/h4-5,12H,3,6-11,18H2,1-2H3. The minimum atomic E-state index is 0.107. The van der Waals surface area contributed by atoms with Crippen LogP contribution in [0.4, 0.5) is 0 Å². The third-order valence-electron chi connectivity index (χ3n) is 3.92. The van der Waals surface area contributed by atoms with Crippen molar-refractivity contribution >= 4 is 5.78 Å². The first-order chi connectivity index (χ1) is 10.0. The minimum absolute atomic E-state index is 0.107. The van der Waals surface area contributed by atoms with Crippen molar-refractivity contribution in [1.82, 2.24) is 0 Å². The molecule has 0 bridgehead atoms. The normalized spacial score (nSPS) is 14.6. The largest absolute Gasteiger partial charge is 0.490 e. The topological polar surface area (TPSA) is 61.6 Å². The van der Waals surface area contributed by atoms with Gasteiger partial charge in [-0.15, -0.1) is 0 Å². The predicted molar refractivity (Wildman–Crippen MR) is 83.1 cm³/mol. The molecule has 0 aromatic heterocycles. The Morgan fingerprint density at radius 1 is 1.19 bits per heavy atom.